The molecule has 0 aliphatic carbocycles. The SMILES string of the molecule is COc1ccccc1CC(C)CC(=O)NC(C)(C)CN. The zero-order valence-electron chi connectivity index (χ0n) is 12.9. The van der Waals surface area contributed by atoms with E-state index in [0.29, 0.717) is 13.0 Å². The largest absolute Gasteiger partial charge is 0.496 e. The molecule has 0 spiro atoms. The molecule has 1 amide bonds. The van der Waals surface area contributed by atoms with Gasteiger partial charge in [0, 0.05) is 18.5 Å². The fourth-order valence-electron chi connectivity index (χ4n) is 2.12. The van der Waals surface area contributed by atoms with Crippen LogP contribution in [0.5, 0.6) is 5.75 Å². The number of para-hydroxylation sites is 1. The third-order valence-corrected chi connectivity index (χ3v) is 3.28. The van der Waals surface area contributed by atoms with E-state index in [4.69, 9.17) is 10.5 Å². The van der Waals surface area contributed by atoms with Crippen molar-refractivity contribution < 1.29 is 9.53 Å². The number of methoxy groups -OCH3 is 1. The Morgan fingerprint density at radius 1 is 1.40 bits per heavy atom. The number of amides is 1. The molecule has 0 saturated heterocycles. The maximum atomic E-state index is 12.0. The first-order valence-corrected chi connectivity index (χ1v) is 7.01. The number of carbonyl (C=O) groups is 1. The molecule has 0 fully saturated rings. The molecule has 112 valence electrons. The van der Waals surface area contributed by atoms with Gasteiger partial charge in [0.05, 0.1) is 7.11 Å². The highest BCUT2D eigenvalue weighted by molar-refractivity contribution is 5.77. The standard InChI is InChI=1S/C16H26N2O2/c1-12(10-15(19)18-16(2,3)11-17)9-13-7-5-6-8-14(13)20-4/h5-8,12H,9-11,17H2,1-4H3,(H,18,19). The number of rotatable bonds is 7. The second-order valence-corrected chi connectivity index (χ2v) is 5.96. The van der Waals surface area contributed by atoms with Gasteiger partial charge in [-0.05, 0) is 37.8 Å². The molecule has 0 aromatic heterocycles. The lowest BCUT2D eigenvalue weighted by Gasteiger charge is -2.25. The molecule has 0 aliphatic heterocycles. The summed E-state index contributed by atoms with van der Waals surface area (Å²) in [7, 11) is 1.67. The third kappa shape index (κ3) is 5.21. The Morgan fingerprint density at radius 2 is 2.05 bits per heavy atom. The van der Waals surface area contributed by atoms with Gasteiger partial charge in [0.25, 0.3) is 0 Å². The quantitative estimate of drug-likeness (QED) is 0.803. The average Bonchev–Trinajstić information content (AvgIpc) is 2.38. The Balaban J connectivity index is 2.55. The van der Waals surface area contributed by atoms with E-state index in [-0.39, 0.29) is 17.4 Å². The summed E-state index contributed by atoms with van der Waals surface area (Å²) in [4.78, 5) is 12.0. The molecule has 3 N–H and O–H groups in total. The van der Waals surface area contributed by atoms with Crippen LogP contribution in [-0.4, -0.2) is 25.1 Å². The minimum Gasteiger partial charge on any atom is -0.496 e. The molecule has 1 unspecified atom stereocenters. The van der Waals surface area contributed by atoms with Gasteiger partial charge in [-0.3, -0.25) is 4.79 Å². The van der Waals surface area contributed by atoms with Crippen LogP contribution >= 0.6 is 0 Å². The predicted molar refractivity (Wildman–Crippen MR) is 81.8 cm³/mol. The van der Waals surface area contributed by atoms with Gasteiger partial charge >= 0.3 is 0 Å². The van der Waals surface area contributed by atoms with Crippen LogP contribution in [0.15, 0.2) is 24.3 Å². The lowest BCUT2D eigenvalue weighted by Crippen LogP contribution is -2.49. The first-order chi connectivity index (χ1) is 9.38. The molecule has 1 aromatic rings. The summed E-state index contributed by atoms with van der Waals surface area (Å²) < 4.78 is 5.33. The zero-order chi connectivity index (χ0) is 15.2. The molecule has 1 atom stereocenters. The molecule has 20 heavy (non-hydrogen) atoms. The molecule has 4 heteroatoms. The summed E-state index contributed by atoms with van der Waals surface area (Å²) >= 11 is 0. The number of benzene rings is 1. The molecule has 0 heterocycles. The van der Waals surface area contributed by atoms with Crippen LogP contribution in [0.2, 0.25) is 0 Å². The van der Waals surface area contributed by atoms with Crippen LogP contribution < -0.4 is 15.8 Å². The molecule has 1 aromatic carbocycles. The molecule has 0 saturated carbocycles. The van der Waals surface area contributed by atoms with Crippen molar-refractivity contribution in [2.75, 3.05) is 13.7 Å². The smallest absolute Gasteiger partial charge is 0.220 e. The second-order valence-electron chi connectivity index (χ2n) is 5.96. The highest BCUT2D eigenvalue weighted by Crippen LogP contribution is 2.22. The van der Waals surface area contributed by atoms with Crippen LogP contribution in [0.1, 0.15) is 32.8 Å². The van der Waals surface area contributed by atoms with E-state index >= 15 is 0 Å². The van der Waals surface area contributed by atoms with Crippen molar-refractivity contribution in [3.63, 3.8) is 0 Å². The summed E-state index contributed by atoms with van der Waals surface area (Å²) in [5.41, 5.74) is 6.40. The Hall–Kier alpha value is -1.55. The van der Waals surface area contributed by atoms with Crippen molar-refractivity contribution in [2.24, 2.45) is 11.7 Å². The van der Waals surface area contributed by atoms with E-state index in [1.54, 1.807) is 7.11 Å². The molecule has 0 bridgehead atoms. The van der Waals surface area contributed by atoms with Gasteiger partial charge in [0.2, 0.25) is 5.91 Å². The number of nitrogens with two attached hydrogens (primary N) is 1. The van der Waals surface area contributed by atoms with E-state index in [2.05, 4.69) is 12.2 Å². The lowest BCUT2D eigenvalue weighted by molar-refractivity contribution is -0.123. The minimum absolute atomic E-state index is 0.0443. The predicted octanol–water partition coefficient (Wildman–Crippen LogP) is 2.12. The van der Waals surface area contributed by atoms with Gasteiger partial charge in [-0.25, -0.2) is 0 Å². The highest BCUT2D eigenvalue weighted by atomic mass is 16.5. The minimum atomic E-state index is -0.346. The molecular formula is C16H26N2O2. The van der Waals surface area contributed by atoms with Crippen molar-refractivity contribution in [3.05, 3.63) is 29.8 Å². The van der Waals surface area contributed by atoms with E-state index in [1.165, 1.54) is 0 Å². The highest BCUT2D eigenvalue weighted by Gasteiger charge is 2.20. The van der Waals surface area contributed by atoms with E-state index < -0.39 is 0 Å². The van der Waals surface area contributed by atoms with Gasteiger partial charge in [-0.15, -0.1) is 0 Å². The monoisotopic (exact) mass is 278 g/mol. The van der Waals surface area contributed by atoms with E-state index in [0.717, 1.165) is 17.7 Å². The topological polar surface area (TPSA) is 64.3 Å². The fraction of sp³-hybridized carbons (Fsp3) is 0.562. The molecule has 0 radical (unpaired) electrons. The van der Waals surface area contributed by atoms with Crippen molar-refractivity contribution in [3.8, 4) is 5.75 Å². The van der Waals surface area contributed by atoms with Crippen molar-refractivity contribution in [1.82, 2.24) is 5.32 Å². The van der Waals surface area contributed by atoms with Gasteiger partial charge in [0.15, 0.2) is 0 Å². The lowest BCUT2D eigenvalue weighted by atomic mass is 9.96. The summed E-state index contributed by atoms with van der Waals surface area (Å²) in [5.74, 6) is 1.17. The van der Waals surface area contributed by atoms with Crippen LogP contribution in [0.4, 0.5) is 0 Å². The van der Waals surface area contributed by atoms with Gasteiger partial charge < -0.3 is 15.8 Å². The molecule has 1 rings (SSSR count). The number of nitrogens with one attached hydrogen (secondary N) is 1. The third-order valence-electron chi connectivity index (χ3n) is 3.28. The summed E-state index contributed by atoms with van der Waals surface area (Å²) in [6, 6.07) is 7.92. The molecule has 0 aliphatic rings. The van der Waals surface area contributed by atoms with Crippen LogP contribution in [0.25, 0.3) is 0 Å². The maximum Gasteiger partial charge on any atom is 0.220 e. The molecule has 4 nitrogen and oxygen atoms in total. The normalized spacial score (nSPS) is 12.8. The van der Waals surface area contributed by atoms with Crippen LogP contribution in [0.3, 0.4) is 0 Å². The summed E-state index contributed by atoms with van der Waals surface area (Å²) in [5, 5.41) is 2.96. The fourth-order valence-corrected chi connectivity index (χ4v) is 2.12. The van der Waals surface area contributed by atoms with Gasteiger partial charge in [-0.2, -0.15) is 0 Å². The average molecular weight is 278 g/mol. The molecular weight excluding hydrogens is 252 g/mol. The van der Waals surface area contributed by atoms with Gasteiger partial charge in [-0.1, -0.05) is 25.1 Å². The zero-order valence-corrected chi connectivity index (χ0v) is 12.9. The second kappa shape index (κ2) is 7.29. The van der Waals surface area contributed by atoms with Crippen LogP contribution in [0, 0.1) is 5.92 Å². The number of carbonyl (C=O) groups excluding carboxylic acids is 1. The van der Waals surface area contributed by atoms with E-state index in [9.17, 15) is 4.79 Å². The Labute approximate surface area is 121 Å². The number of hydrogen-bond acceptors (Lipinski definition) is 3. The maximum absolute atomic E-state index is 12.0. The van der Waals surface area contributed by atoms with Crippen LogP contribution in [-0.2, 0) is 11.2 Å². The Bertz CT molecular complexity index is 444. The van der Waals surface area contributed by atoms with E-state index in [1.807, 2.05) is 38.1 Å². The Morgan fingerprint density at radius 3 is 2.65 bits per heavy atom. The first-order valence-electron chi connectivity index (χ1n) is 7.01. The van der Waals surface area contributed by atoms with Crippen molar-refractivity contribution >= 4 is 5.91 Å². The number of hydrogen-bond donors (Lipinski definition) is 2. The Kier molecular flexibility index (Phi) is 6.02. The first kappa shape index (κ1) is 16.5. The van der Waals surface area contributed by atoms with Crippen molar-refractivity contribution in [2.45, 2.75) is 39.2 Å². The van der Waals surface area contributed by atoms with Gasteiger partial charge in [0.1, 0.15) is 5.75 Å². The summed E-state index contributed by atoms with van der Waals surface area (Å²) in [6.07, 6.45) is 1.31. The number of ether oxygens (including phenoxy) is 1. The summed E-state index contributed by atoms with van der Waals surface area (Å²) in [6.45, 7) is 6.35. The van der Waals surface area contributed by atoms with Crippen molar-refractivity contribution in [1.29, 1.82) is 0 Å².